The van der Waals surface area contributed by atoms with Crippen molar-refractivity contribution >= 4 is 5.91 Å². The average Bonchev–Trinajstić information content (AvgIpc) is 2.65. The summed E-state index contributed by atoms with van der Waals surface area (Å²) in [7, 11) is 0. The smallest absolute Gasteiger partial charge is 0.224 e. The Morgan fingerprint density at radius 3 is 2.54 bits per heavy atom. The van der Waals surface area contributed by atoms with Gasteiger partial charge in [0.15, 0.2) is 0 Å². The molecule has 0 saturated heterocycles. The standard InChI is InChI=1S/C20H32N2O2/c1-3-14-24-20(12-8-5-9-13-20)15-22-19(23)16(2)18(21)17-10-6-4-7-11-17/h4,6-7,10-11,16,18H,3,5,8-9,12-15,21H2,1-2H3,(H,22,23). The highest BCUT2D eigenvalue weighted by Crippen LogP contribution is 2.31. The molecule has 1 aromatic rings. The van der Waals surface area contributed by atoms with Crippen LogP contribution < -0.4 is 11.1 Å². The van der Waals surface area contributed by atoms with Crippen LogP contribution in [0.2, 0.25) is 0 Å². The highest BCUT2D eigenvalue weighted by molar-refractivity contribution is 5.79. The quantitative estimate of drug-likeness (QED) is 0.765. The van der Waals surface area contributed by atoms with Gasteiger partial charge in [-0.25, -0.2) is 0 Å². The predicted octanol–water partition coefficient (Wildman–Crippen LogP) is 3.57. The van der Waals surface area contributed by atoms with Crippen LogP contribution in [0.5, 0.6) is 0 Å². The van der Waals surface area contributed by atoms with Crippen LogP contribution in [0.1, 0.15) is 64.0 Å². The molecule has 1 amide bonds. The van der Waals surface area contributed by atoms with Gasteiger partial charge in [0.1, 0.15) is 0 Å². The van der Waals surface area contributed by atoms with Gasteiger partial charge in [0.25, 0.3) is 0 Å². The molecule has 2 unspecified atom stereocenters. The van der Waals surface area contributed by atoms with Gasteiger partial charge in [0.05, 0.1) is 11.5 Å². The van der Waals surface area contributed by atoms with Crippen LogP contribution in [-0.4, -0.2) is 24.7 Å². The molecule has 1 aliphatic rings. The van der Waals surface area contributed by atoms with E-state index in [-0.39, 0.29) is 23.5 Å². The van der Waals surface area contributed by atoms with Crippen molar-refractivity contribution in [2.24, 2.45) is 11.7 Å². The second kappa shape index (κ2) is 9.19. The van der Waals surface area contributed by atoms with Crippen LogP contribution in [0.15, 0.2) is 30.3 Å². The molecular weight excluding hydrogens is 300 g/mol. The third-order valence-corrected chi connectivity index (χ3v) is 5.10. The SMILES string of the molecule is CCCOC1(CNC(=O)C(C)C(N)c2ccccc2)CCCCC1. The number of rotatable bonds is 8. The second-order valence-corrected chi connectivity index (χ2v) is 7.04. The molecule has 0 aliphatic heterocycles. The molecule has 1 aliphatic carbocycles. The van der Waals surface area contributed by atoms with Gasteiger partial charge in [-0.1, -0.05) is 63.4 Å². The van der Waals surface area contributed by atoms with Crippen LogP contribution in [-0.2, 0) is 9.53 Å². The van der Waals surface area contributed by atoms with E-state index < -0.39 is 0 Å². The number of ether oxygens (including phenoxy) is 1. The fourth-order valence-corrected chi connectivity index (χ4v) is 3.42. The molecule has 24 heavy (non-hydrogen) atoms. The van der Waals surface area contributed by atoms with E-state index in [1.54, 1.807) is 0 Å². The Labute approximate surface area is 146 Å². The lowest BCUT2D eigenvalue weighted by Crippen LogP contribution is -2.48. The molecule has 134 valence electrons. The van der Waals surface area contributed by atoms with Crippen molar-refractivity contribution in [3.8, 4) is 0 Å². The fraction of sp³-hybridized carbons (Fsp3) is 0.650. The number of carbonyl (C=O) groups is 1. The van der Waals surface area contributed by atoms with Gasteiger partial charge in [-0.15, -0.1) is 0 Å². The van der Waals surface area contributed by atoms with E-state index in [4.69, 9.17) is 10.5 Å². The largest absolute Gasteiger partial charge is 0.373 e. The molecule has 2 atom stereocenters. The number of hydrogen-bond acceptors (Lipinski definition) is 3. The summed E-state index contributed by atoms with van der Waals surface area (Å²) in [6.45, 7) is 5.37. The maximum atomic E-state index is 12.6. The molecule has 1 aromatic carbocycles. The molecule has 1 fully saturated rings. The van der Waals surface area contributed by atoms with Gasteiger partial charge in [-0.05, 0) is 24.8 Å². The summed E-state index contributed by atoms with van der Waals surface area (Å²) in [5.74, 6) is -0.254. The normalized spacial score (nSPS) is 19.5. The summed E-state index contributed by atoms with van der Waals surface area (Å²) in [5.41, 5.74) is 7.08. The van der Waals surface area contributed by atoms with Gasteiger partial charge in [0.2, 0.25) is 5.91 Å². The lowest BCUT2D eigenvalue weighted by atomic mass is 9.84. The minimum atomic E-state index is -0.287. The van der Waals surface area contributed by atoms with E-state index in [0.717, 1.165) is 31.4 Å². The zero-order valence-corrected chi connectivity index (χ0v) is 15.1. The molecule has 4 heteroatoms. The predicted molar refractivity (Wildman–Crippen MR) is 97.6 cm³/mol. The van der Waals surface area contributed by atoms with Crippen LogP contribution >= 0.6 is 0 Å². The molecule has 0 aromatic heterocycles. The molecule has 3 N–H and O–H groups in total. The van der Waals surface area contributed by atoms with Gasteiger partial charge < -0.3 is 15.8 Å². The van der Waals surface area contributed by atoms with Crippen molar-refractivity contribution in [1.29, 1.82) is 0 Å². The van der Waals surface area contributed by atoms with Crippen LogP contribution in [0.25, 0.3) is 0 Å². The Morgan fingerprint density at radius 2 is 1.92 bits per heavy atom. The zero-order valence-electron chi connectivity index (χ0n) is 15.1. The number of benzene rings is 1. The maximum Gasteiger partial charge on any atom is 0.224 e. The van der Waals surface area contributed by atoms with Gasteiger partial charge in [-0.2, -0.15) is 0 Å². The highest BCUT2D eigenvalue weighted by atomic mass is 16.5. The van der Waals surface area contributed by atoms with E-state index >= 15 is 0 Å². The van der Waals surface area contributed by atoms with Gasteiger partial charge in [0, 0.05) is 19.2 Å². The first kappa shape index (κ1) is 18.9. The minimum absolute atomic E-state index is 0.0106. The van der Waals surface area contributed by atoms with Crippen molar-refractivity contribution in [2.75, 3.05) is 13.2 Å². The lowest BCUT2D eigenvalue weighted by Gasteiger charge is -2.37. The van der Waals surface area contributed by atoms with E-state index in [1.165, 1.54) is 19.3 Å². The first-order valence-electron chi connectivity index (χ1n) is 9.30. The van der Waals surface area contributed by atoms with Crippen molar-refractivity contribution in [3.63, 3.8) is 0 Å². The third kappa shape index (κ3) is 5.05. The van der Waals surface area contributed by atoms with Crippen molar-refractivity contribution < 1.29 is 9.53 Å². The van der Waals surface area contributed by atoms with E-state index in [0.29, 0.717) is 6.54 Å². The number of amides is 1. The number of carbonyl (C=O) groups excluding carboxylic acids is 1. The second-order valence-electron chi connectivity index (χ2n) is 7.04. The Balaban J connectivity index is 1.92. The molecule has 0 bridgehead atoms. The van der Waals surface area contributed by atoms with Crippen LogP contribution in [0.4, 0.5) is 0 Å². The number of nitrogens with one attached hydrogen (secondary N) is 1. The monoisotopic (exact) mass is 332 g/mol. The zero-order chi connectivity index (χ0) is 17.4. The average molecular weight is 332 g/mol. The Hall–Kier alpha value is -1.39. The van der Waals surface area contributed by atoms with E-state index in [2.05, 4.69) is 12.2 Å². The lowest BCUT2D eigenvalue weighted by molar-refractivity contribution is -0.128. The van der Waals surface area contributed by atoms with Gasteiger partial charge >= 0.3 is 0 Å². The van der Waals surface area contributed by atoms with E-state index in [9.17, 15) is 4.79 Å². The Bertz CT molecular complexity index is 498. The van der Waals surface area contributed by atoms with Crippen LogP contribution in [0, 0.1) is 5.92 Å². The summed E-state index contributed by atoms with van der Waals surface area (Å²) in [6.07, 6.45) is 6.70. The summed E-state index contributed by atoms with van der Waals surface area (Å²) in [6, 6.07) is 9.53. The highest BCUT2D eigenvalue weighted by Gasteiger charge is 2.34. The molecule has 0 spiro atoms. The van der Waals surface area contributed by atoms with Crippen molar-refractivity contribution in [3.05, 3.63) is 35.9 Å². The minimum Gasteiger partial charge on any atom is -0.373 e. The molecule has 0 radical (unpaired) electrons. The fourth-order valence-electron chi connectivity index (χ4n) is 3.42. The van der Waals surface area contributed by atoms with Crippen LogP contribution in [0.3, 0.4) is 0 Å². The third-order valence-electron chi connectivity index (χ3n) is 5.10. The molecule has 0 heterocycles. The molecule has 2 rings (SSSR count). The molecular formula is C20H32N2O2. The number of nitrogens with two attached hydrogens (primary N) is 1. The Morgan fingerprint density at radius 1 is 1.25 bits per heavy atom. The van der Waals surface area contributed by atoms with E-state index in [1.807, 2.05) is 37.3 Å². The maximum absolute atomic E-state index is 12.6. The first-order valence-corrected chi connectivity index (χ1v) is 9.30. The summed E-state index contributed by atoms with van der Waals surface area (Å²) >= 11 is 0. The summed E-state index contributed by atoms with van der Waals surface area (Å²) in [4.78, 5) is 12.6. The molecule has 1 saturated carbocycles. The van der Waals surface area contributed by atoms with Gasteiger partial charge in [-0.3, -0.25) is 4.79 Å². The Kier molecular flexibility index (Phi) is 7.25. The number of hydrogen-bond donors (Lipinski definition) is 2. The van der Waals surface area contributed by atoms with Crippen molar-refractivity contribution in [2.45, 2.75) is 64.0 Å². The first-order chi connectivity index (χ1) is 11.6. The molecule has 4 nitrogen and oxygen atoms in total. The van der Waals surface area contributed by atoms with Crippen molar-refractivity contribution in [1.82, 2.24) is 5.32 Å². The topological polar surface area (TPSA) is 64.3 Å². The summed E-state index contributed by atoms with van der Waals surface area (Å²) in [5, 5.41) is 3.11. The summed E-state index contributed by atoms with van der Waals surface area (Å²) < 4.78 is 6.15.